The molecule has 0 saturated carbocycles. The molecular formula is C8H17N. The monoisotopic (exact) mass is 127 g/mol. The van der Waals surface area contributed by atoms with Gasteiger partial charge in [0, 0.05) is 12.1 Å². The van der Waals surface area contributed by atoms with Gasteiger partial charge < -0.3 is 5.32 Å². The molecule has 1 aliphatic rings. The van der Waals surface area contributed by atoms with E-state index in [4.69, 9.17) is 0 Å². The van der Waals surface area contributed by atoms with Gasteiger partial charge in [0.05, 0.1) is 0 Å². The first-order valence-electron chi connectivity index (χ1n) is 3.96. The molecule has 0 unspecified atom stereocenters. The van der Waals surface area contributed by atoms with E-state index in [1.54, 1.807) is 0 Å². The second kappa shape index (κ2) is 2.70. The van der Waals surface area contributed by atoms with Gasteiger partial charge in [-0.05, 0) is 32.6 Å². The van der Waals surface area contributed by atoms with Crippen LogP contribution in [0.15, 0.2) is 0 Å². The molecule has 54 valence electrons. The molecular weight excluding hydrogens is 110 g/mol. The minimum Gasteiger partial charge on any atom is -0.312 e. The highest BCUT2D eigenvalue weighted by molar-refractivity contribution is 4.78. The van der Waals surface area contributed by atoms with E-state index in [1.165, 1.54) is 12.8 Å². The SMILES string of the molecule is C[C@@H]1CC[C@H](C)[C@H](C)N1. The van der Waals surface area contributed by atoms with Crippen LogP contribution in [-0.4, -0.2) is 12.1 Å². The van der Waals surface area contributed by atoms with Gasteiger partial charge in [-0.3, -0.25) is 0 Å². The number of hydrogen-bond donors (Lipinski definition) is 1. The van der Waals surface area contributed by atoms with Gasteiger partial charge in [0.25, 0.3) is 0 Å². The molecule has 1 nitrogen and oxygen atoms in total. The molecule has 1 N–H and O–H groups in total. The Hall–Kier alpha value is -0.0400. The third-order valence-electron chi connectivity index (χ3n) is 2.46. The van der Waals surface area contributed by atoms with Crippen LogP contribution in [-0.2, 0) is 0 Å². The Morgan fingerprint density at radius 1 is 1.11 bits per heavy atom. The van der Waals surface area contributed by atoms with Crippen LogP contribution >= 0.6 is 0 Å². The Balaban J connectivity index is 2.35. The summed E-state index contributed by atoms with van der Waals surface area (Å²) in [5, 5.41) is 3.53. The molecule has 1 heterocycles. The van der Waals surface area contributed by atoms with Crippen LogP contribution in [0, 0.1) is 5.92 Å². The number of hydrogen-bond acceptors (Lipinski definition) is 1. The quantitative estimate of drug-likeness (QED) is 0.523. The van der Waals surface area contributed by atoms with Crippen molar-refractivity contribution in [3.8, 4) is 0 Å². The van der Waals surface area contributed by atoms with Crippen molar-refractivity contribution in [3.63, 3.8) is 0 Å². The molecule has 1 aliphatic heterocycles. The van der Waals surface area contributed by atoms with E-state index in [0.717, 1.165) is 18.0 Å². The highest BCUT2D eigenvalue weighted by Gasteiger charge is 2.19. The number of piperidine rings is 1. The number of rotatable bonds is 0. The molecule has 0 aromatic carbocycles. The Morgan fingerprint density at radius 2 is 1.78 bits per heavy atom. The predicted octanol–water partition coefficient (Wildman–Crippen LogP) is 1.78. The van der Waals surface area contributed by atoms with Crippen molar-refractivity contribution in [2.24, 2.45) is 5.92 Å². The van der Waals surface area contributed by atoms with Gasteiger partial charge in [0.1, 0.15) is 0 Å². The van der Waals surface area contributed by atoms with Crippen LogP contribution in [0.5, 0.6) is 0 Å². The third-order valence-corrected chi connectivity index (χ3v) is 2.46. The van der Waals surface area contributed by atoms with E-state index in [9.17, 15) is 0 Å². The Labute approximate surface area is 57.8 Å². The van der Waals surface area contributed by atoms with E-state index < -0.39 is 0 Å². The molecule has 0 radical (unpaired) electrons. The minimum absolute atomic E-state index is 0.730. The van der Waals surface area contributed by atoms with Crippen molar-refractivity contribution in [1.82, 2.24) is 5.32 Å². The normalized spacial score (nSPS) is 45.0. The molecule has 0 bridgehead atoms. The molecule has 9 heavy (non-hydrogen) atoms. The Morgan fingerprint density at radius 3 is 2.22 bits per heavy atom. The lowest BCUT2D eigenvalue weighted by Crippen LogP contribution is -2.43. The highest BCUT2D eigenvalue weighted by Crippen LogP contribution is 2.18. The van der Waals surface area contributed by atoms with E-state index in [-0.39, 0.29) is 0 Å². The van der Waals surface area contributed by atoms with Crippen molar-refractivity contribution in [2.45, 2.75) is 45.7 Å². The lowest BCUT2D eigenvalue weighted by atomic mass is 9.91. The van der Waals surface area contributed by atoms with Gasteiger partial charge in [-0.2, -0.15) is 0 Å². The Kier molecular flexibility index (Phi) is 2.12. The average Bonchev–Trinajstić information content (AvgIpc) is 1.80. The summed E-state index contributed by atoms with van der Waals surface area (Å²) in [5.41, 5.74) is 0. The van der Waals surface area contributed by atoms with Crippen LogP contribution in [0.3, 0.4) is 0 Å². The van der Waals surface area contributed by atoms with Gasteiger partial charge >= 0.3 is 0 Å². The zero-order valence-electron chi connectivity index (χ0n) is 6.65. The highest BCUT2D eigenvalue weighted by atomic mass is 15.0. The summed E-state index contributed by atoms with van der Waals surface area (Å²) in [6.07, 6.45) is 2.75. The average molecular weight is 127 g/mol. The molecule has 0 aromatic heterocycles. The van der Waals surface area contributed by atoms with Crippen LogP contribution in [0.1, 0.15) is 33.6 Å². The first-order chi connectivity index (χ1) is 4.20. The van der Waals surface area contributed by atoms with Crippen molar-refractivity contribution in [3.05, 3.63) is 0 Å². The smallest absolute Gasteiger partial charge is 0.00668 e. The van der Waals surface area contributed by atoms with Crippen molar-refractivity contribution >= 4 is 0 Å². The van der Waals surface area contributed by atoms with E-state index in [0.29, 0.717) is 0 Å². The molecule has 0 aromatic rings. The van der Waals surface area contributed by atoms with Gasteiger partial charge in [0.15, 0.2) is 0 Å². The maximum atomic E-state index is 3.53. The lowest BCUT2D eigenvalue weighted by molar-refractivity contribution is 0.269. The van der Waals surface area contributed by atoms with E-state index in [2.05, 4.69) is 26.1 Å². The fraction of sp³-hybridized carbons (Fsp3) is 1.00. The third kappa shape index (κ3) is 1.68. The summed E-state index contributed by atoms with van der Waals surface area (Å²) >= 11 is 0. The summed E-state index contributed by atoms with van der Waals surface area (Å²) in [7, 11) is 0. The maximum Gasteiger partial charge on any atom is 0.00668 e. The molecule has 1 saturated heterocycles. The van der Waals surface area contributed by atoms with Crippen LogP contribution in [0.2, 0.25) is 0 Å². The van der Waals surface area contributed by atoms with Crippen LogP contribution < -0.4 is 5.32 Å². The maximum absolute atomic E-state index is 3.53. The zero-order valence-corrected chi connectivity index (χ0v) is 6.65. The second-order valence-electron chi connectivity index (χ2n) is 3.41. The van der Waals surface area contributed by atoms with Gasteiger partial charge in [0.2, 0.25) is 0 Å². The van der Waals surface area contributed by atoms with Crippen molar-refractivity contribution in [1.29, 1.82) is 0 Å². The first kappa shape index (κ1) is 7.07. The summed E-state index contributed by atoms with van der Waals surface area (Å²) in [5.74, 6) is 0.876. The second-order valence-corrected chi connectivity index (χ2v) is 3.41. The fourth-order valence-electron chi connectivity index (χ4n) is 1.46. The van der Waals surface area contributed by atoms with E-state index in [1.807, 2.05) is 0 Å². The lowest BCUT2D eigenvalue weighted by Gasteiger charge is -2.31. The largest absolute Gasteiger partial charge is 0.312 e. The molecule has 3 atom stereocenters. The summed E-state index contributed by atoms with van der Waals surface area (Å²) in [6.45, 7) is 6.87. The van der Waals surface area contributed by atoms with Crippen molar-refractivity contribution in [2.75, 3.05) is 0 Å². The van der Waals surface area contributed by atoms with E-state index >= 15 is 0 Å². The molecule has 1 rings (SSSR count). The summed E-state index contributed by atoms with van der Waals surface area (Å²) in [4.78, 5) is 0. The van der Waals surface area contributed by atoms with Gasteiger partial charge in [-0.15, -0.1) is 0 Å². The summed E-state index contributed by atoms with van der Waals surface area (Å²) < 4.78 is 0. The van der Waals surface area contributed by atoms with Crippen LogP contribution in [0.25, 0.3) is 0 Å². The molecule has 1 fully saturated rings. The van der Waals surface area contributed by atoms with Gasteiger partial charge in [-0.25, -0.2) is 0 Å². The molecule has 0 spiro atoms. The molecule has 0 amide bonds. The summed E-state index contributed by atoms with van der Waals surface area (Å²) in [6, 6.07) is 1.48. The number of nitrogens with one attached hydrogen (secondary N) is 1. The molecule has 1 heteroatoms. The minimum atomic E-state index is 0.730. The Bertz CT molecular complexity index is 90.6. The van der Waals surface area contributed by atoms with Gasteiger partial charge in [-0.1, -0.05) is 6.92 Å². The predicted molar refractivity (Wildman–Crippen MR) is 40.5 cm³/mol. The standard InChI is InChI=1S/C8H17N/c1-6-4-5-7(2)9-8(6)3/h6-9H,4-5H2,1-3H3/t6-,7+,8-/m0/s1. The molecule has 0 aliphatic carbocycles. The zero-order chi connectivity index (χ0) is 6.85. The van der Waals surface area contributed by atoms with Crippen molar-refractivity contribution < 1.29 is 0 Å². The fourth-order valence-corrected chi connectivity index (χ4v) is 1.46. The first-order valence-corrected chi connectivity index (χ1v) is 3.96. The topological polar surface area (TPSA) is 12.0 Å². The van der Waals surface area contributed by atoms with Crippen LogP contribution in [0.4, 0.5) is 0 Å².